The molecule has 2 fully saturated rings. The predicted molar refractivity (Wildman–Crippen MR) is 233 cm³/mol. The topological polar surface area (TPSA) is 82.0 Å². The monoisotopic (exact) mass is 841 g/mol. The lowest BCUT2D eigenvalue weighted by Crippen LogP contribution is -2.48. The zero-order chi connectivity index (χ0) is 39.8. The molecule has 1 aliphatic heterocycles. The summed E-state index contributed by atoms with van der Waals surface area (Å²) in [5, 5.41) is 6.00. The number of anilines is 1. The number of aryl methyl sites for hydroxylation is 1. The summed E-state index contributed by atoms with van der Waals surface area (Å²) in [4.78, 5) is 22.5. The maximum Gasteiger partial charge on any atom is 0.226 e. The highest BCUT2D eigenvalue weighted by molar-refractivity contribution is 9.10. The number of halogens is 1. The summed E-state index contributed by atoms with van der Waals surface area (Å²) in [7, 11) is 1.98. The van der Waals surface area contributed by atoms with E-state index >= 15 is 0 Å². The maximum atomic E-state index is 13.3. The van der Waals surface area contributed by atoms with Crippen LogP contribution in [0.3, 0.4) is 0 Å². The van der Waals surface area contributed by atoms with Gasteiger partial charge in [-0.2, -0.15) is 10.1 Å². The molecule has 10 heteroatoms. The largest absolute Gasteiger partial charge is 0.490 e. The second kappa shape index (κ2) is 18.5. The van der Waals surface area contributed by atoms with Crippen molar-refractivity contribution in [1.82, 2.24) is 19.7 Å². The first-order valence-corrected chi connectivity index (χ1v) is 21.4. The lowest BCUT2D eigenvalue weighted by Gasteiger charge is -2.36. The van der Waals surface area contributed by atoms with Gasteiger partial charge in [-0.15, -0.1) is 0 Å². The number of benzene rings is 4. The second-order valence-corrected chi connectivity index (χ2v) is 16.5. The first kappa shape index (κ1) is 39.5. The Morgan fingerprint density at radius 3 is 2.22 bits per heavy atom. The molecule has 1 saturated carbocycles. The minimum atomic E-state index is 0.279. The molecular weight excluding hydrogens is 790 g/mol. The van der Waals surface area contributed by atoms with Crippen LogP contribution >= 0.6 is 15.9 Å². The van der Waals surface area contributed by atoms with Gasteiger partial charge in [-0.25, -0.2) is 0 Å². The van der Waals surface area contributed by atoms with Crippen LogP contribution in [0.25, 0.3) is 22.2 Å². The van der Waals surface area contributed by atoms with Crippen molar-refractivity contribution >= 4 is 38.4 Å². The average molecular weight is 843 g/mol. The molecule has 1 amide bonds. The highest BCUT2D eigenvalue weighted by Crippen LogP contribution is 2.37. The molecule has 0 N–H and O–H groups in total. The molecule has 0 atom stereocenters. The van der Waals surface area contributed by atoms with Crippen molar-refractivity contribution in [2.75, 3.05) is 31.1 Å². The Bertz CT molecular complexity index is 2300. The smallest absolute Gasteiger partial charge is 0.226 e. The molecule has 3 heterocycles. The normalized spacial score (nSPS) is 17.0. The van der Waals surface area contributed by atoms with E-state index in [4.69, 9.17) is 24.3 Å². The molecule has 8 rings (SSSR count). The van der Waals surface area contributed by atoms with Crippen molar-refractivity contribution in [2.24, 2.45) is 13.0 Å². The van der Waals surface area contributed by atoms with Crippen molar-refractivity contribution in [1.29, 1.82) is 0 Å². The molecule has 0 bridgehead atoms. The van der Waals surface area contributed by atoms with E-state index in [-0.39, 0.29) is 12.0 Å². The first-order chi connectivity index (χ1) is 28.4. The molecule has 0 spiro atoms. The quantitative estimate of drug-likeness (QED) is 0.108. The molecule has 300 valence electrons. The number of piperazine rings is 1. The van der Waals surface area contributed by atoms with Crippen LogP contribution in [0.2, 0.25) is 0 Å². The van der Waals surface area contributed by atoms with Crippen LogP contribution < -0.4 is 19.1 Å². The molecular formula is C48H52BrN5O4. The highest BCUT2D eigenvalue weighted by Gasteiger charge is 2.26. The van der Waals surface area contributed by atoms with Gasteiger partial charge < -0.3 is 24.0 Å². The molecule has 1 aliphatic carbocycles. The van der Waals surface area contributed by atoms with E-state index in [0.29, 0.717) is 37.3 Å². The van der Waals surface area contributed by atoms with Crippen LogP contribution in [0.5, 0.6) is 17.5 Å². The Labute approximate surface area is 350 Å². The zero-order valence-corrected chi connectivity index (χ0v) is 35.1. The number of amides is 1. The van der Waals surface area contributed by atoms with Gasteiger partial charge in [-0.1, -0.05) is 82.7 Å². The van der Waals surface area contributed by atoms with E-state index < -0.39 is 0 Å². The fourth-order valence-corrected chi connectivity index (χ4v) is 8.59. The molecule has 58 heavy (non-hydrogen) atoms. The Morgan fingerprint density at radius 1 is 0.793 bits per heavy atom. The minimum Gasteiger partial charge on any atom is -0.490 e. The number of aromatic nitrogens is 3. The van der Waals surface area contributed by atoms with Crippen molar-refractivity contribution in [3.63, 3.8) is 0 Å². The molecule has 9 nitrogen and oxygen atoms in total. The van der Waals surface area contributed by atoms with E-state index in [0.717, 1.165) is 107 Å². The van der Waals surface area contributed by atoms with E-state index in [1.54, 1.807) is 0 Å². The molecule has 0 radical (unpaired) electrons. The van der Waals surface area contributed by atoms with Crippen LogP contribution in [0, 0.1) is 12.8 Å². The van der Waals surface area contributed by atoms with Gasteiger partial charge in [-0.05, 0) is 98.9 Å². The fourth-order valence-electron chi connectivity index (χ4n) is 8.24. The van der Waals surface area contributed by atoms with Crippen molar-refractivity contribution in [3.05, 3.63) is 130 Å². The number of carbonyl (C=O) groups is 1. The third kappa shape index (κ3) is 9.50. The van der Waals surface area contributed by atoms with E-state index in [1.807, 2.05) is 90.6 Å². The van der Waals surface area contributed by atoms with Crippen LogP contribution in [-0.4, -0.2) is 57.9 Å². The highest BCUT2D eigenvalue weighted by atomic mass is 79.9. The Balaban J connectivity index is 0.859. The molecule has 0 unspecified atom stereocenters. The van der Waals surface area contributed by atoms with Crippen LogP contribution in [0.1, 0.15) is 61.6 Å². The third-order valence-corrected chi connectivity index (χ3v) is 12.5. The van der Waals surface area contributed by atoms with Gasteiger partial charge in [0.15, 0.2) is 0 Å². The molecule has 2 aromatic heterocycles. The van der Waals surface area contributed by atoms with E-state index in [2.05, 4.69) is 63.0 Å². The average Bonchev–Trinajstić information content (AvgIpc) is 3.60. The summed E-state index contributed by atoms with van der Waals surface area (Å²) in [6, 6.07) is 36.7. The number of nitrogens with zero attached hydrogens (tertiary/aromatic N) is 5. The molecule has 4 aromatic carbocycles. The number of rotatable bonds is 14. The Kier molecular flexibility index (Phi) is 12.6. The second-order valence-electron chi connectivity index (χ2n) is 15.6. The van der Waals surface area contributed by atoms with Gasteiger partial charge in [0.1, 0.15) is 24.7 Å². The van der Waals surface area contributed by atoms with Gasteiger partial charge in [0.2, 0.25) is 17.7 Å². The summed E-state index contributed by atoms with van der Waals surface area (Å²) in [6.07, 6.45) is 7.48. The maximum absolute atomic E-state index is 13.3. The Morgan fingerprint density at radius 2 is 1.50 bits per heavy atom. The summed E-state index contributed by atoms with van der Waals surface area (Å²) < 4.78 is 21.8. The van der Waals surface area contributed by atoms with Crippen molar-refractivity contribution in [3.8, 4) is 28.8 Å². The van der Waals surface area contributed by atoms with Crippen LogP contribution in [0.15, 0.2) is 114 Å². The van der Waals surface area contributed by atoms with Gasteiger partial charge >= 0.3 is 0 Å². The number of carbonyl (C=O) groups excluding carboxylic acids is 1. The Hall–Kier alpha value is -5.35. The number of hydrogen-bond donors (Lipinski definition) is 0. The SMILES string of the molecule is Cc1c(Br)cccc1O[C@H]1CC[C@H](CCCC(=O)N2CCN(c3ccc4c(-c5ccc(OCc6ccccc6)nc5OCc5ccccc5)nn(C)c4c3)CC2)CC1. The fraction of sp³-hybridized carbons (Fsp3) is 0.354. The van der Waals surface area contributed by atoms with Crippen LogP contribution in [-0.2, 0) is 25.1 Å². The summed E-state index contributed by atoms with van der Waals surface area (Å²) in [5.74, 6) is 2.91. The van der Waals surface area contributed by atoms with Crippen molar-refractivity contribution < 1.29 is 19.0 Å². The van der Waals surface area contributed by atoms with Gasteiger partial charge in [0, 0.05) is 66.8 Å². The summed E-state index contributed by atoms with van der Waals surface area (Å²) in [6.45, 7) is 5.95. The van der Waals surface area contributed by atoms with Gasteiger partial charge in [-0.3, -0.25) is 9.48 Å². The molecule has 6 aromatic rings. The number of fused-ring (bicyclic) bond motifs is 1. The van der Waals surface area contributed by atoms with E-state index in [1.165, 1.54) is 12.8 Å². The standard InChI is InChI=1S/C48H52BrN5O4/c1-34-42(49)16-10-17-44(34)58-39-22-19-35(20-23-39)15-9-18-46(55)54-29-27-53(28-30-54)38-21-24-40-43(31-38)52(2)51-47(40)41-25-26-45(56-32-36-11-5-3-6-12-36)50-48(41)57-33-37-13-7-4-8-14-37/h3-8,10-14,16-17,21,24-26,31,35,39H,9,15,18-20,22-23,27-30,32-33H2,1-2H3/t35-,39-. The molecule has 1 saturated heterocycles. The lowest BCUT2D eigenvalue weighted by atomic mass is 9.84. The number of pyridine rings is 1. The van der Waals surface area contributed by atoms with Crippen LogP contribution in [0.4, 0.5) is 5.69 Å². The van der Waals surface area contributed by atoms with Gasteiger partial charge in [0.05, 0.1) is 17.2 Å². The van der Waals surface area contributed by atoms with E-state index in [9.17, 15) is 4.79 Å². The number of ether oxygens (including phenoxy) is 3. The van der Waals surface area contributed by atoms with Gasteiger partial charge in [0.25, 0.3) is 0 Å². The van der Waals surface area contributed by atoms with Crippen molar-refractivity contribution in [2.45, 2.75) is 71.2 Å². The third-order valence-electron chi connectivity index (χ3n) is 11.7. The lowest BCUT2D eigenvalue weighted by molar-refractivity contribution is -0.131. The predicted octanol–water partition coefficient (Wildman–Crippen LogP) is 10.3. The summed E-state index contributed by atoms with van der Waals surface area (Å²) in [5.41, 5.74) is 7.05. The first-order valence-electron chi connectivity index (χ1n) is 20.6. The summed E-state index contributed by atoms with van der Waals surface area (Å²) >= 11 is 3.62. The zero-order valence-electron chi connectivity index (χ0n) is 33.5. The minimum absolute atomic E-state index is 0.279. The molecule has 2 aliphatic rings. The number of hydrogen-bond acceptors (Lipinski definition) is 7.